The molecule has 1 aliphatic heterocycles. The maximum absolute atomic E-state index is 9.15. The van der Waals surface area contributed by atoms with E-state index in [1.54, 1.807) is 0 Å². The highest BCUT2D eigenvalue weighted by Gasteiger charge is 2.28. The predicted octanol–water partition coefficient (Wildman–Crippen LogP) is 0.914. The van der Waals surface area contributed by atoms with Gasteiger partial charge in [-0.25, -0.2) is 0 Å². The van der Waals surface area contributed by atoms with Crippen LogP contribution in [0.5, 0.6) is 0 Å². The van der Waals surface area contributed by atoms with Gasteiger partial charge in [0.2, 0.25) is 0 Å². The molecule has 0 bridgehead atoms. The molecule has 2 fully saturated rings. The van der Waals surface area contributed by atoms with Crippen molar-refractivity contribution in [2.45, 2.75) is 50.9 Å². The minimum absolute atomic E-state index is 0.0181. The highest BCUT2D eigenvalue weighted by atomic mass is 16.5. The van der Waals surface area contributed by atoms with E-state index in [4.69, 9.17) is 9.84 Å². The van der Waals surface area contributed by atoms with E-state index >= 15 is 0 Å². The molecule has 1 heterocycles. The summed E-state index contributed by atoms with van der Waals surface area (Å²) in [7, 11) is 0. The maximum atomic E-state index is 9.15. The molecule has 2 aliphatic rings. The fraction of sp³-hybridized carbons (Fsp3) is 1.00. The molecule has 2 atom stereocenters. The molecule has 82 valence electrons. The molecule has 2 rings (SSSR count). The molecule has 0 radical (unpaired) electrons. The normalized spacial score (nSPS) is 43.3. The molecule has 2 N–H and O–H groups in total. The Morgan fingerprint density at radius 3 is 2.79 bits per heavy atom. The molecule has 1 saturated heterocycles. The maximum Gasteiger partial charge on any atom is 0.0561 e. The van der Waals surface area contributed by atoms with E-state index in [0.29, 0.717) is 18.1 Å². The summed E-state index contributed by atoms with van der Waals surface area (Å²) in [5.74, 6) is 0.711. The Kier molecular flexibility index (Phi) is 3.42. The molecule has 2 unspecified atom stereocenters. The summed E-state index contributed by atoms with van der Waals surface area (Å²) in [6, 6.07) is 0.636. The van der Waals surface area contributed by atoms with E-state index < -0.39 is 0 Å². The van der Waals surface area contributed by atoms with Crippen LogP contribution in [0.3, 0.4) is 0 Å². The molecule has 1 saturated carbocycles. The summed E-state index contributed by atoms with van der Waals surface area (Å²) in [6.07, 6.45) is 4.65. The van der Waals surface area contributed by atoms with Crippen LogP contribution in [0.25, 0.3) is 0 Å². The van der Waals surface area contributed by atoms with Gasteiger partial charge in [0.25, 0.3) is 0 Å². The fourth-order valence-electron chi connectivity index (χ4n) is 2.38. The summed E-state index contributed by atoms with van der Waals surface area (Å²) in [4.78, 5) is 0. The monoisotopic (exact) mass is 199 g/mol. The third-order valence-corrected chi connectivity index (χ3v) is 3.39. The highest BCUT2D eigenvalue weighted by Crippen LogP contribution is 2.26. The van der Waals surface area contributed by atoms with Gasteiger partial charge in [0.15, 0.2) is 0 Å². The van der Waals surface area contributed by atoms with E-state index in [1.165, 1.54) is 0 Å². The van der Waals surface area contributed by atoms with Crippen molar-refractivity contribution < 1.29 is 9.84 Å². The Labute approximate surface area is 85.8 Å². The largest absolute Gasteiger partial charge is 0.393 e. The van der Waals surface area contributed by atoms with Gasteiger partial charge in [0.1, 0.15) is 0 Å². The molecular formula is C11H21NO2. The minimum atomic E-state index is -0.0181. The van der Waals surface area contributed by atoms with E-state index in [1.807, 2.05) is 0 Å². The van der Waals surface area contributed by atoms with Crippen LogP contribution in [-0.4, -0.2) is 36.5 Å². The lowest BCUT2D eigenvalue weighted by atomic mass is 9.82. The second-order valence-corrected chi connectivity index (χ2v) is 4.80. The summed E-state index contributed by atoms with van der Waals surface area (Å²) < 4.78 is 5.49. The van der Waals surface area contributed by atoms with E-state index in [9.17, 15) is 0 Å². The van der Waals surface area contributed by atoms with Crippen LogP contribution in [0.1, 0.15) is 32.6 Å². The van der Waals surface area contributed by atoms with Crippen LogP contribution in [0.2, 0.25) is 0 Å². The number of aliphatic hydroxyl groups excluding tert-OH is 1. The average molecular weight is 199 g/mol. The molecule has 0 aromatic carbocycles. The SMILES string of the molecule is CC1CC(NCC2CC(O)C2)CCO1. The van der Waals surface area contributed by atoms with Gasteiger partial charge in [-0.2, -0.15) is 0 Å². The first kappa shape index (κ1) is 10.4. The third kappa shape index (κ3) is 2.69. The molecule has 0 aromatic heterocycles. The lowest BCUT2D eigenvalue weighted by Crippen LogP contribution is -2.43. The van der Waals surface area contributed by atoms with Gasteiger partial charge in [-0.05, 0) is 45.1 Å². The van der Waals surface area contributed by atoms with E-state index in [-0.39, 0.29) is 6.10 Å². The fourth-order valence-corrected chi connectivity index (χ4v) is 2.38. The quantitative estimate of drug-likeness (QED) is 0.710. The number of nitrogens with one attached hydrogen (secondary N) is 1. The Balaban J connectivity index is 1.60. The summed E-state index contributed by atoms with van der Waals surface area (Å²) >= 11 is 0. The average Bonchev–Trinajstić information content (AvgIpc) is 2.11. The van der Waals surface area contributed by atoms with Crippen LogP contribution in [0.4, 0.5) is 0 Å². The van der Waals surface area contributed by atoms with Gasteiger partial charge in [0, 0.05) is 12.6 Å². The summed E-state index contributed by atoms with van der Waals surface area (Å²) in [5.41, 5.74) is 0. The Morgan fingerprint density at radius 2 is 2.14 bits per heavy atom. The number of rotatable bonds is 3. The van der Waals surface area contributed by atoms with Crippen molar-refractivity contribution in [1.82, 2.24) is 5.32 Å². The lowest BCUT2D eigenvalue weighted by molar-refractivity contribution is 0.00649. The van der Waals surface area contributed by atoms with Crippen molar-refractivity contribution >= 4 is 0 Å². The lowest BCUT2D eigenvalue weighted by Gasteiger charge is -2.34. The van der Waals surface area contributed by atoms with Crippen molar-refractivity contribution in [3.63, 3.8) is 0 Å². The second-order valence-electron chi connectivity index (χ2n) is 4.80. The Hall–Kier alpha value is -0.120. The van der Waals surface area contributed by atoms with Gasteiger partial charge in [0.05, 0.1) is 12.2 Å². The van der Waals surface area contributed by atoms with Crippen molar-refractivity contribution in [3.8, 4) is 0 Å². The van der Waals surface area contributed by atoms with Crippen LogP contribution in [0, 0.1) is 5.92 Å². The minimum Gasteiger partial charge on any atom is -0.393 e. The van der Waals surface area contributed by atoms with Crippen LogP contribution in [-0.2, 0) is 4.74 Å². The van der Waals surface area contributed by atoms with Crippen LogP contribution < -0.4 is 5.32 Å². The zero-order valence-corrected chi connectivity index (χ0v) is 8.91. The van der Waals surface area contributed by atoms with E-state index in [0.717, 1.165) is 38.8 Å². The van der Waals surface area contributed by atoms with Crippen molar-refractivity contribution in [1.29, 1.82) is 0 Å². The zero-order chi connectivity index (χ0) is 9.97. The van der Waals surface area contributed by atoms with Crippen LogP contribution >= 0.6 is 0 Å². The zero-order valence-electron chi connectivity index (χ0n) is 8.91. The number of hydrogen-bond donors (Lipinski definition) is 2. The molecule has 3 nitrogen and oxygen atoms in total. The number of hydrogen-bond acceptors (Lipinski definition) is 3. The van der Waals surface area contributed by atoms with Crippen molar-refractivity contribution in [2.75, 3.05) is 13.2 Å². The van der Waals surface area contributed by atoms with Gasteiger partial charge >= 0.3 is 0 Å². The second kappa shape index (κ2) is 4.60. The van der Waals surface area contributed by atoms with E-state index in [2.05, 4.69) is 12.2 Å². The molecule has 14 heavy (non-hydrogen) atoms. The summed E-state index contributed by atoms with van der Waals surface area (Å²) in [5, 5.41) is 12.7. The van der Waals surface area contributed by atoms with Crippen molar-refractivity contribution in [2.24, 2.45) is 5.92 Å². The predicted molar refractivity (Wildman–Crippen MR) is 55.2 cm³/mol. The van der Waals surface area contributed by atoms with Crippen LogP contribution in [0.15, 0.2) is 0 Å². The van der Waals surface area contributed by atoms with Gasteiger partial charge in [-0.3, -0.25) is 0 Å². The van der Waals surface area contributed by atoms with Gasteiger partial charge in [-0.15, -0.1) is 0 Å². The number of aliphatic hydroxyl groups is 1. The summed E-state index contributed by atoms with van der Waals surface area (Å²) in [6.45, 7) is 4.11. The molecule has 0 amide bonds. The van der Waals surface area contributed by atoms with Crippen molar-refractivity contribution in [3.05, 3.63) is 0 Å². The van der Waals surface area contributed by atoms with Gasteiger partial charge in [-0.1, -0.05) is 0 Å². The topological polar surface area (TPSA) is 41.5 Å². The molecule has 3 heteroatoms. The standard InChI is InChI=1S/C11H21NO2/c1-8-4-10(2-3-14-8)12-7-9-5-11(13)6-9/h8-13H,2-7H2,1H3. The first-order chi connectivity index (χ1) is 6.74. The highest BCUT2D eigenvalue weighted by molar-refractivity contribution is 4.82. The smallest absolute Gasteiger partial charge is 0.0561 e. The first-order valence-corrected chi connectivity index (χ1v) is 5.77. The Bertz CT molecular complexity index is 180. The number of ether oxygens (including phenoxy) is 1. The molecule has 0 spiro atoms. The third-order valence-electron chi connectivity index (χ3n) is 3.39. The Morgan fingerprint density at radius 1 is 1.36 bits per heavy atom. The molecular weight excluding hydrogens is 178 g/mol. The molecule has 0 aromatic rings. The van der Waals surface area contributed by atoms with Gasteiger partial charge < -0.3 is 15.2 Å². The first-order valence-electron chi connectivity index (χ1n) is 5.77. The molecule has 1 aliphatic carbocycles.